The molecule has 0 bridgehead atoms. The van der Waals surface area contributed by atoms with E-state index in [1.54, 1.807) is 12.1 Å². The molecule has 19 heavy (non-hydrogen) atoms. The molecule has 2 rings (SSSR count). The summed E-state index contributed by atoms with van der Waals surface area (Å²) in [7, 11) is -2.16. The fraction of sp³-hybridized carbons (Fsp3) is 0.167. The highest BCUT2D eigenvalue weighted by molar-refractivity contribution is 7.89. The van der Waals surface area contributed by atoms with Crippen LogP contribution in [0.25, 0.3) is 0 Å². The summed E-state index contributed by atoms with van der Waals surface area (Å²) in [6.45, 7) is 0.0846. The van der Waals surface area contributed by atoms with Crippen molar-refractivity contribution < 1.29 is 17.6 Å². The Balaban J connectivity index is 2.17. The van der Waals surface area contributed by atoms with Crippen LogP contribution in [0.15, 0.2) is 45.9 Å². The van der Waals surface area contributed by atoms with Gasteiger partial charge in [-0.25, -0.2) is 13.1 Å². The quantitative estimate of drug-likeness (QED) is 0.807. The molecule has 0 aliphatic rings. The van der Waals surface area contributed by atoms with Crippen molar-refractivity contribution in [3.8, 4) is 5.75 Å². The molecule has 1 aromatic heterocycles. The summed E-state index contributed by atoms with van der Waals surface area (Å²) in [5.41, 5.74) is 5.95. The molecular weight excluding hydrogens is 268 g/mol. The van der Waals surface area contributed by atoms with Crippen LogP contribution < -0.4 is 15.2 Å². The third-order valence-corrected chi connectivity index (χ3v) is 3.93. The van der Waals surface area contributed by atoms with Gasteiger partial charge in [-0.3, -0.25) is 0 Å². The Kier molecular flexibility index (Phi) is 3.77. The van der Waals surface area contributed by atoms with Crippen LogP contribution in [0.5, 0.6) is 5.75 Å². The fourth-order valence-corrected chi connectivity index (χ4v) is 2.57. The van der Waals surface area contributed by atoms with E-state index in [0.717, 1.165) is 0 Å². The molecule has 0 radical (unpaired) electrons. The van der Waals surface area contributed by atoms with Gasteiger partial charge in [0, 0.05) is 0 Å². The van der Waals surface area contributed by atoms with Crippen LogP contribution in [0.3, 0.4) is 0 Å². The van der Waals surface area contributed by atoms with Crippen LogP contribution >= 0.6 is 0 Å². The Morgan fingerprint density at radius 3 is 2.74 bits per heavy atom. The number of nitrogens with two attached hydrogens (primary N) is 1. The van der Waals surface area contributed by atoms with Crippen molar-refractivity contribution in [1.29, 1.82) is 0 Å². The predicted molar refractivity (Wildman–Crippen MR) is 70.1 cm³/mol. The van der Waals surface area contributed by atoms with Crippen LogP contribution in [0.4, 0.5) is 5.69 Å². The van der Waals surface area contributed by atoms with Crippen LogP contribution in [-0.2, 0) is 16.6 Å². The van der Waals surface area contributed by atoms with E-state index in [0.29, 0.717) is 11.5 Å². The molecule has 1 aromatic carbocycles. The second-order valence-electron chi connectivity index (χ2n) is 3.81. The minimum atomic E-state index is -3.63. The van der Waals surface area contributed by atoms with Crippen LogP contribution in [0.2, 0.25) is 0 Å². The van der Waals surface area contributed by atoms with E-state index in [2.05, 4.69) is 4.72 Å². The summed E-state index contributed by atoms with van der Waals surface area (Å²) in [6.07, 6.45) is 1.48. The van der Waals surface area contributed by atoms with Gasteiger partial charge >= 0.3 is 0 Å². The number of furan rings is 1. The van der Waals surface area contributed by atoms with Gasteiger partial charge < -0.3 is 14.9 Å². The van der Waals surface area contributed by atoms with Gasteiger partial charge in [-0.15, -0.1) is 0 Å². The molecule has 102 valence electrons. The van der Waals surface area contributed by atoms with Gasteiger partial charge in [0.1, 0.15) is 11.5 Å². The van der Waals surface area contributed by atoms with Crippen molar-refractivity contribution in [1.82, 2.24) is 4.72 Å². The highest BCUT2D eigenvalue weighted by Gasteiger charge is 2.15. The second-order valence-corrected chi connectivity index (χ2v) is 5.57. The molecule has 0 atom stereocenters. The molecule has 2 aromatic rings. The maximum atomic E-state index is 12.0. The highest BCUT2D eigenvalue weighted by Crippen LogP contribution is 2.24. The highest BCUT2D eigenvalue weighted by atomic mass is 32.2. The predicted octanol–water partition coefficient (Wildman–Crippen LogP) is 1.35. The van der Waals surface area contributed by atoms with Gasteiger partial charge in [0.15, 0.2) is 0 Å². The average molecular weight is 282 g/mol. The van der Waals surface area contributed by atoms with Crippen molar-refractivity contribution >= 4 is 15.7 Å². The first-order valence-corrected chi connectivity index (χ1v) is 6.97. The Hall–Kier alpha value is -1.99. The van der Waals surface area contributed by atoms with Gasteiger partial charge in [0.05, 0.1) is 30.5 Å². The third-order valence-electron chi connectivity index (χ3n) is 2.53. The first kappa shape index (κ1) is 13.4. The van der Waals surface area contributed by atoms with Crippen molar-refractivity contribution in [2.75, 3.05) is 12.8 Å². The number of sulfonamides is 1. The smallest absolute Gasteiger partial charge is 0.241 e. The Morgan fingerprint density at radius 1 is 1.37 bits per heavy atom. The van der Waals surface area contributed by atoms with Crippen LogP contribution in [0.1, 0.15) is 5.76 Å². The van der Waals surface area contributed by atoms with Crippen LogP contribution in [-0.4, -0.2) is 15.5 Å². The molecule has 0 aliphatic carbocycles. The first-order chi connectivity index (χ1) is 9.03. The van der Waals surface area contributed by atoms with Gasteiger partial charge in [0.25, 0.3) is 0 Å². The van der Waals surface area contributed by atoms with E-state index < -0.39 is 10.0 Å². The maximum Gasteiger partial charge on any atom is 0.241 e. The van der Waals surface area contributed by atoms with E-state index >= 15 is 0 Å². The van der Waals surface area contributed by atoms with E-state index in [4.69, 9.17) is 14.9 Å². The molecule has 3 N–H and O–H groups in total. The monoisotopic (exact) mass is 282 g/mol. The summed E-state index contributed by atoms with van der Waals surface area (Å²) in [5, 5.41) is 0. The normalized spacial score (nSPS) is 11.4. The van der Waals surface area contributed by atoms with E-state index in [9.17, 15) is 8.42 Å². The summed E-state index contributed by atoms with van der Waals surface area (Å²) < 4.78 is 36.5. The standard InChI is InChI=1S/C12H14N2O4S/c1-17-12-5-4-10(7-11(12)13)19(15,16)14-8-9-3-2-6-18-9/h2-7,14H,8,13H2,1H3. The number of methoxy groups -OCH3 is 1. The first-order valence-electron chi connectivity index (χ1n) is 5.48. The molecule has 0 saturated heterocycles. The van der Waals surface area contributed by atoms with Crippen LogP contribution in [0, 0.1) is 0 Å². The molecule has 0 saturated carbocycles. The number of nitrogen functional groups attached to an aromatic ring is 1. The largest absolute Gasteiger partial charge is 0.495 e. The number of rotatable bonds is 5. The van der Waals surface area contributed by atoms with Crippen molar-refractivity contribution in [3.63, 3.8) is 0 Å². The number of hydrogen-bond acceptors (Lipinski definition) is 5. The molecule has 0 spiro atoms. The average Bonchev–Trinajstić information content (AvgIpc) is 2.89. The molecule has 0 fully saturated rings. The molecule has 0 unspecified atom stereocenters. The number of ether oxygens (including phenoxy) is 1. The molecule has 0 aliphatic heterocycles. The summed E-state index contributed by atoms with van der Waals surface area (Å²) in [6, 6.07) is 7.67. The Labute approximate surface area is 111 Å². The van der Waals surface area contributed by atoms with E-state index in [-0.39, 0.29) is 17.1 Å². The molecule has 0 amide bonds. The Morgan fingerprint density at radius 2 is 2.16 bits per heavy atom. The molecule has 1 heterocycles. The number of benzene rings is 1. The van der Waals surface area contributed by atoms with Crippen molar-refractivity contribution in [2.45, 2.75) is 11.4 Å². The Bertz CT molecular complexity index is 650. The van der Waals surface area contributed by atoms with Gasteiger partial charge in [-0.2, -0.15) is 0 Å². The second kappa shape index (κ2) is 5.33. The summed E-state index contributed by atoms with van der Waals surface area (Å²) in [4.78, 5) is 0.0809. The molecule has 7 heteroatoms. The van der Waals surface area contributed by atoms with Crippen molar-refractivity contribution in [3.05, 3.63) is 42.4 Å². The summed E-state index contributed by atoms with van der Waals surface area (Å²) in [5.74, 6) is 0.968. The van der Waals surface area contributed by atoms with E-state index in [1.807, 2.05) is 0 Å². The topological polar surface area (TPSA) is 94.6 Å². The minimum absolute atomic E-state index is 0.0809. The van der Waals surface area contributed by atoms with Gasteiger partial charge in [-0.05, 0) is 30.3 Å². The zero-order valence-electron chi connectivity index (χ0n) is 10.3. The zero-order chi connectivity index (χ0) is 13.9. The van der Waals surface area contributed by atoms with Gasteiger partial charge in [-0.1, -0.05) is 0 Å². The van der Waals surface area contributed by atoms with Crippen molar-refractivity contribution in [2.24, 2.45) is 0 Å². The summed E-state index contributed by atoms with van der Waals surface area (Å²) >= 11 is 0. The number of nitrogens with one attached hydrogen (secondary N) is 1. The lowest BCUT2D eigenvalue weighted by Crippen LogP contribution is -2.23. The fourth-order valence-electron chi connectivity index (χ4n) is 1.54. The maximum absolute atomic E-state index is 12.0. The van der Waals surface area contributed by atoms with Gasteiger partial charge in [0.2, 0.25) is 10.0 Å². The lowest BCUT2D eigenvalue weighted by molar-refractivity contribution is 0.416. The van der Waals surface area contributed by atoms with E-state index in [1.165, 1.54) is 31.6 Å². The third kappa shape index (κ3) is 3.07. The lowest BCUT2D eigenvalue weighted by atomic mass is 10.3. The molecular formula is C12H14N2O4S. The molecule has 6 nitrogen and oxygen atoms in total. The lowest BCUT2D eigenvalue weighted by Gasteiger charge is -2.08. The number of anilines is 1. The zero-order valence-corrected chi connectivity index (χ0v) is 11.1. The number of hydrogen-bond donors (Lipinski definition) is 2. The SMILES string of the molecule is COc1ccc(S(=O)(=O)NCc2ccco2)cc1N. The minimum Gasteiger partial charge on any atom is -0.495 e.